The predicted molar refractivity (Wildman–Crippen MR) is 49.6 cm³/mol. The largest absolute Gasteiger partial charge is 0.376 e. The van der Waals surface area contributed by atoms with E-state index in [1.165, 1.54) is 19.3 Å². The zero-order valence-electron chi connectivity index (χ0n) is 7.68. The molecule has 1 saturated carbocycles. The van der Waals surface area contributed by atoms with Crippen molar-refractivity contribution in [3.05, 3.63) is 0 Å². The monoisotopic (exact) mass is 167 g/mol. The quantitative estimate of drug-likeness (QED) is 0.629. The maximum Gasteiger partial charge on any atom is 0.0956 e. The molecule has 12 heavy (non-hydrogen) atoms. The summed E-state index contributed by atoms with van der Waals surface area (Å²) in [5.74, 6) is 2.58. The summed E-state index contributed by atoms with van der Waals surface area (Å²) in [6, 6.07) is -0.247. The first kappa shape index (κ1) is 9.57. The molecule has 1 aliphatic carbocycles. The van der Waals surface area contributed by atoms with Crippen molar-refractivity contribution >= 4 is 0 Å². The summed E-state index contributed by atoms with van der Waals surface area (Å²) >= 11 is 0. The van der Waals surface area contributed by atoms with Crippen molar-refractivity contribution in [2.24, 2.45) is 5.73 Å². The fourth-order valence-electron chi connectivity index (χ4n) is 1.94. The highest BCUT2D eigenvalue weighted by Crippen LogP contribution is 2.32. The van der Waals surface area contributed by atoms with Gasteiger partial charge in [-0.05, 0) is 12.8 Å². The lowest BCUT2D eigenvalue weighted by atomic mass is 9.80. The Morgan fingerprint density at radius 3 is 2.42 bits per heavy atom. The van der Waals surface area contributed by atoms with Gasteiger partial charge in [0.05, 0.1) is 11.6 Å². The van der Waals surface area contributed by atoms with Gasteiger partial charge >= 0.3 is 0 Å². The van der Waals surface area contributed by atoms with Gasteiger partial charge in [0.25, 0.3) is 0 Å². The predicted octanol–water partition coefficient (Wildman–Crippen LogP) is 1.30. The first-order chi connectivity index (χ1) is 5.75. The van der Waals surface area contributed by atoms with Crippen LogP contribution in [0.5, 0.6) is 0 Å². The molecule has 0 aliphatic heterocycles. The minimum Gasteiger partial charge on any atom is -0.376 e. The molecule has 1 atom stereocenters. The molecule has 0 aromatic rings. The van der Waals surface area contributed by atoms with Crippen LogP contribution in [0.1, 0.15) is 32.1 Å². The fraction of sp³-hybridized carbons (Fsp3) is 0.800. The molecule has 1 rings (SSSR count). The number of methoxy groups -OCH3 is 1. The van der Waals surface area contributed by atoms with Crippen molar-refractivity contribution in [2.75, 3.05) is 7.11 Å². The highest BCUT2D eigenvalue weighted by molar-refractivity contribution is 5.09. The molecule has 0 bridgehead atoms. The number of nitrogens with two attached hydrogens (primary N) is 1. The molecule has 2 N–H and O–H groups in total. The third-order valence-corrected chi connectivity index (χ3v) is 2.85. The van der Waals surface area contributed by atoms with Crippen molar-refractivity contribution in [3.8, 4) is 12.3 Å². The molecule has 1 fully saturated rings. The maximum absolute atomic E-state index is 5.83. The van der Waals surface area contributed by atoms with E-state index in [4.69, 9.17) is 16.9 Å². The Morgan fingerprint density at radius 2 is 2.00 bits per heavy atom. The van der Waals surface area contributed by atoms with Crippen molar-refractivity contribution < 1.29 is 4.74 Å². The molecule has 1 unspecified atom stereocenters. The summed E-state index contributed by atoms with van der Waals surface area (Å²) in [6.45, 7) is 0. The molecular weight excluding hydrogens is 150 g/mol. The van der Waals surface area contributed by atoms with Crippen LogP contribution < -0.4 is 5.73 Å². The molecular formula is C10H17NO. The van der Waals surface area contributed by atoms with Crippen molar-refractivity contribution in [2.45, 2.75) is 43.7 Å². The second-order valence-electron chi connectivity index (χ2n) is 3.47. The van der Waals surface area contributed by atoms with E-state index in [-0.39, 0.29) is 11.6 Å². The Kier molecular flexibility index (Phi) is 3.13. The average molecular weight is 167 g/mol. The van der Waals surface area contributed by atoms with E-state index in [9.17, 15) is 0 Å². The average Bonchev–Trinajstić information content (AvgIpc) is 2.17. The van der Waals surface area contributed by atoms with Crippen molar-refractivity contribution in [1.29, 1.82) is 0 Å². The van der Waals surface area contributed by atoms with Gasteiger partial charge in [0.15, 0.2) is 0 Å². The molecule has 2 nitrogen and oxygen atoms in total. The molecule has 2 heteroatoms. The van der Waals surface area contributed by atoms with Gasteiger partial charge in [-0.1, -0.05) is 25.2 Å². The highest BCUT2D eigenvalue weighted by Gasteiger charge is 2.36. The van der Waals surface area contributed by atoms with Gasteiger partial charge in [0, 0.05) is 7.11 Å². The minimum absolute atomic E-state index is 0.229. The molecule has 68 valence electrons. The Hall–Kier alpha value is -0.520. The lowest BCUT2D eigenvalue weighted by molar-refractivity contribution is -0.0460. The third-order valence-electron chi connectivity index (χ3n) is 2.85. The SMILES string of the molecule is C#CC(N)C1(OC)CCCCC1. The molecule has 0 heterocycles. The highest BCUT2D eigenvalue weighted by atomic mass is 16.5. The van der Waals surface area contributed by atoms with Crippen LogP contribution in [0.2, 0.25) is 0 Å². The number of hydrogen-bond acceptors (Lipinski definition) is 2. The van der Waals surface area contributed by atoms with Gasteiger partial charge in [-0.15, -0.1) is 6.42 Å². The Balaban J connectivity index is 2.67. The number of rotatable bonds is 2. The molecule has 0 aromatic heterocycles. The van der Waals surface area contributed by atoms with Crippen LogP contribution in [0.3, 0.4) is 0 Å². The molecule has 0 radical (unpaired) electrons. The van der Waals surface area contributed by atoms with Crippen LogP contribution in [-0.4, -0.2) is 18.8 Å². The maximum atomic E-state index is 5.83. The second-order valence-corrected chi connectivity index (χ2v) is 3.47. The summed E-state index contributed by atoms with van der Waals surface area (Å²) in [5.41, 5.74) is 5.60. The topological polar surface area (TPSA) is 35.2 Å². The van der Waals surface area contributed by atoms with Crippen LogP contribution in [0, 0.1) is 12.3 Å². The number of ether oxygens (including phenoxy) is 1. The first-order valence-corrected chi connectivity index (χ1v) is 4.52. The summed E-state index contributed by atoms with van der Waals surface area (Å²) in [4.78, 5) is 0. The molecule has 0 amide bonds. The summed E-state index contributed by atoms with van der Waals surface area (Å²) in [5, 5.41) is 0. The third kappa shape index (κ3) is 1.63. The van der Waals surface area contributed by atoms with Crippen molar-refractivity contribution in [3.63, 3.8) is 0 Å². The molecule has 1 aliphatic rings. The standard InChI is InChI=1S/C10H17NO/c1-3-9(11)10(12-2)7-5-4-6-8-10/h1,9H,4-8,11H2,2H3. The summed E-state index contributed by atoms with van der Waals surface area (Å²) < 4.78 is 5.46. The van der Waals surface area contributed by atoms with Gasteiger partial charge < -0.3 is 10.5 Å². The Bertz CT molecular complexity index is 177. The molecule has 0 saturated heterocycles. The lowest BCUT2D eigenvalue weighted by Crippen LogP contribution is -2.49. The van der Waals surface area contributed by atoms with Gasteiger partial charge in [0.2, 0.25) is 0 Å². The normalized spacial score (nSPS) is 24.4. The zero-order chi connectivity index (χ0) is 9.03. The van der Waals surface area contributed by atoms with Crippen LogP contribution in [0.4, 0.5) is 0 Å². The van der Waals surface area contributed by atoms with E-state index < -0.39 is 0 Å². The van der Waals surface area contributed by atoms with Crippen LogP contribution in [0.15, 0.2) is 0 Å². The van der Waals surface area contributed by atoms with E-state index in [1.54, 1.807) is 7.11 Å². The number of terminal acetylenes is 1. The first-order valence-electron chi connectivity index (χ1n) is 4.52. The summed E-state index contributed by atoms with van der Waals surface area (Å²) in [7, 11) is 1.71. The van der Waals surface area contributed by atoms with Gasteiger partial charge in [-0.2, -0.15) is 0 Å². The molecule has 0 spiro atoms. The van der Waals surface area contributed by atoms with Gasteiger partial charge in [-0.3, -0.25) is 0 Å². The van der Waals surface area contributed by atoms with Crippen molar-refractivity contribution in [1.82, 2.24) is 0 Å². The fourth-order valence-corrected chi connectivity index (χ4v) is 1.94. The van der Waals surface area contributed by atoms with E-state index in [0.29, 0.717) is 0 Å². The smallest absolute Gasteiger partial charge is 0.0956 e. The minimum atomic E-state index is -0.247. The second kappa shape index (κ2) is 3.93. The molecule has 0 aromatic carbocycles. The Morgan fingerprint density at radius 1 is 1.42 bits per heavy atom. The van der Waals surface area contributed by atoms with E-state index in [2.05, 4.69) is 5.92 Å². The number of hydrogen-bond donors (Lipinski definition) is 1. The zero-order valence-corrected chi connectivity index (χ0v) is 7.68. The van der Waals surface area contributed by atoms with Crippen LogP contribution in [0.25, 0.3) is 0 Å². The van der Waals surface area contributed by atoms with Gasteiger partial charge in [0.1, 0.15) is 0 Å². The van der Waals surface area contributed by atoms with E-state index >= 15 is 0 Å². The van der Waals surface area contributed by atoms with Gasteiger partial charge in [-0.25, -0.2) is 0 Å². The summed E-state index contributed by atoms with van der Waals surface area (Å²) in [6.07, 6.45) is 11.0. The van der Waals surface area contributed by atoms with E-state index in [0.717, 1.165) is 12.8 Å². The Labute approximate surface area is 74.5 Å². The van der Waals surface area contributed by atoms with Crippen LogP contribution in [-0.2, 0) is 4.74 Å². The van der Waals surface area contributed by atoms with E-state index in [1.807, 2.05) is 0 Å². The van der Waals surface area contributed by atoms with Crippen LogP contribution >= 0.6 is 0 Å². The lowest BCUT2D eigenvalue weighted by Gasteiger charge is -2.38.